The fourth-order valence-corrected chi connectivity index (χ4v) is 2.39. The molecule has 1 N–H and O–H groups in total. The second-order valence-electron chi connectivity index (χ2n) is 5.21. The molecule has 2 unspecified atom stereocenters. The molecule has 0 amide bonds. The van der Waals surface area contributed by atoms with Crippen molar-refractivity contribution in [3.8, 4) is 0 Å². The van der Waals surface area contributed by atoms with E-state index in [2.05, 4.69) is 25.8 Å². The second kappa shape index (κ2) is 8.28. The Balaban J connectivity index is 2.54. The fourth-order valence-electron chi connectivity index (χ4n) is 2.39. The molecule has 0 fully saturated rings. The first-order valence-electron chi connectivity index (χ1n) is 7.22. The molecule has 0 radical (unpaired) electrons. The summed E-state index contributed by atoms with van der Waals surface area (Å²) in [6, 6.07) is 6.61. The number of aliphatic hydroxyl groups is 1. The Bertz CT molecular complexity index is 352. The highest BCUT2D eigenvalue weighted by Gasteiger charge is 2.16. The number of halogens is 1. The monoisotopic (exact) mass is 267 g/mol. The van der Waals surface area contributed by atoms with E-state index in [1.165, 1.54) is 31.4 Å². The maximum absolute atomic E-state index is 12.8. The minimum Gasteiger partial charge on any atom is -0.387 e. The van der Waals surface area contributed by atoms with Gasteiger partial charge in [0.2, 0.25) is 0 Å². The number of aliphatic hydroxyl groups excluding tert-OH is 1. The van der Waals surface area contributed by atoms with Crippen molar-refractivity contribution in [1.82, 2.24) is 4.90 Å². The third kappa shape index (κ3) is 5.29. The van der Waals surface area contributed by atoms with E-state index < -0.39 is 6.10 Å². The Kier molecular flexibility index (Phi) is 7.03. The van der Waals surface area contributed by atoms with Crippen molar-refractivity contribution in [2.75, 3.05) is 13.6 Å². The Morgan fingerprint density at radius 2 is 1.84 bits per heavy atom. The number of benzene rings is 1. The van der Waals surface area contributed by atoms with Crippen LogP contribution in [0.3, 0.4) is 0 Å². The van der Waals surface area contributed by atoms with Gasteiger partial charge in [-0.25, -0.2) is 4.39 Å². The number of hydrogen-bond acceptors (Lipinski definition) is 2. The van der Waals surface area contributed by atoms with Gasteiger partial charge in [0.1, 0.15) is 5.82 Å². The molecule has 0 aliphatic heterocycles. The van der Waals surface area contributed by atoms with Crippen LogP contribution in [0.1, 0.15) is 51.2 Å². The lowest BCUT2D eigenvalue weighted by atomic mass is 10.0. The van der Waals surface area contributed by atoms with Gasteiger partial charge in [0, 0.05) is 12.6 Å². The van der Waals surface area contributed by atoms with E-state index >= 15 is 0 Å². The van der Waals surface area contributed by atoms with Gasteiger partial charge in [-0.2, -0.15) is 0 Å². The van der Waals surface area contributed by atoms with Gasteiger partial charge in [-0.1, -0.05) is 38.8 Å². The van der Waals surface area contributed by atoms with Crippen LogP contribution in [0.5, 0.6) is 0 Å². The molecule has 0 spiro atoms. The largest absolute Gasteiger partial charge is 0.387 e. The maximum Gasteiger partial charge on any atom is 0.123 e. The smallest absolute Gasteiger partial charge is 0.123 e. The van der Waals surface area contributed by atoms with Crippen LogP contribution in [0.4, 0.5) is 4.39 Å². The van der Waals surface area contributed by atoms with E-state index in [9.17, 15) is 9.50 Å². The van der Waals surface area contributed by atoms with E-state index in [0.29, 0.717) is 12.6 Å². The Morgan fingerprint density at radius 3 is 2.37 bits per heavy atom. The summed E-state index contributed by atoms with van der Waals surface area (Å²) in [6.45, 7) is 4.97. The van der Waals surface area contributed by atoms with Crippen molar-refractivity contribution in [3.05, 3.63) is 35.6 Å². The Hall–Kier alpha value is -0.930. The van der Waals surface area contributed by atoms with Crippen molar-refractivity contribution in [1.29, 1.82) is 0 Å². The normalized spacial score (nSPS) is 14.6. The quantitative estimate of drug-likeness (QED) is 0.775. The SMILES string of the molecule is CCCCC(CC)N(C)CC(O)c1ccc(F)cc1. The molecule has 1 rings (SSSR count). The average molecular weight is 267 g/mol. The summed E-state index contributed by atoms with van der Waals surface area (Å²) >= 11 is 0. The zero-order valence-electron chi connectivity index (χ0n) is 12.3. The van der Waals surface area contributed by atoms with Crippen LogP contribution in [0, 0.1) is 5.82 Å². The molecule has 19 heavy (non-hydrogen) atoms. The summed E-state index contributed by atoms with van der Waals surface area (Å²) in [6.07, 6.45) is 4.12. The first-order valence-corrected chi connectivity index (χ1v) is 7.22. The van der Waals surface area contributed by atoms with E-state index in [1.807, 2.05) is 0 Å². The van der Waals surface area contributed by atoms with E-state index in [1.54, 1.807) is 12.1 Å². The van der Waals surface area contributed by atoms with E-state index in [0.717, 1.165) is 12.0 Å². The highest BCUT2D eigenvalue weighted by Crippen LogP contribution is 2.18. The molecule has 2 nitrogen and oxygen atoms in total. The van der Waals surface area contributed by atoms with Crippen LogP contribution in [0.25, 0.3) is 0 Å². The molecule has 108 valence electrons. The lowest BCUT2D eigenvalue weighted by Crippen LogP contribution is -2.34. The van der Waals surface area contributed by atoms with Gasteiger partial charge in [0.05, 0.1) is 6.10 Å². The number of likely N-dealkylation sites (N-methyl/N-ethyl adjacent to an activating group) is 1. The molecule has 2 atom stereocenters. The number of hydrogen-bond donors (Lipinski definition) is 1. The predicted octanol–water partition coefficient (Wildman–Crippen LogP) is 3.76. The van der Waals surface area contributed by atoms with Crippen molar-refractivity contribution < 1.29 is 9.50 Å². The molecule has 0 heterocycles. The minimum absolute atomic E-state index is 0.265. The molecule has 1 aromatic carbocycles. The Labute approximate surface area is 116 Å². The average Bonchev–Trinajstić information content (AvgIpc) is 2.40. The minimum atomic E-state index is -0.554. The third-order valence-electron chi connectivity index (χ3n) is 3.70. The molecular formula is C16H26FNO. The molecule has 0 aromatic heterocycles. The van der Waals surface area contributed by atoms with Gasteiger partial charge in [-0.05, 0) is 37.6 Å². The number of nitrogens with zero attached hydrogens (tertiary/aromatic N) is 1. The van der Waals surface area contributed by atoms with Crippen molar-refractivity contribution in [2.45, 2.75) is 51.7 Å². The van der Waals surface area contributed by atoms with E-state index in [-0.39, 0.29) is 5.82 Å². The molecule has 0 bridgehead atoms. The van der Waals surface area contributed by atoms with Gasteiger partial charge in [0.15, 0.2) is 0 Å². The van der Waals surface area contributed by atoms with Crippen LogP contribution in [0.15, 0.2) is 24.3 Å². The highest BCUT2D eigenvalue weighted by molar-refractivity contribution is 5.18. The lowest BCUT2D eigenvalue weighted by molar-refractivity contribution is 0.0991. The van der Waals surface area contributed by atoms with Gasteiger partial charge >= 0.3 is 0 Å². The summed E-state index contributed by atoms with van der Waals surface area (Å²) in [4.78, 5) is 2.21. The lowest BCUT2D eigenvalue weighted by Gasteiger charge is -2.29. The first kappa shape index (κ1) is 16.1. The summed E-state index contributed by atoms with van der Waals surface area (Å²) in [5.41, 5.74) is 0.776. The third-order valence-corrected chi connectivity index (χ3v) is 3.70. The maximum atomic E-state index is 12.8. The molecule has 0 aliphatic carbocycles. The van der Waals surface area contributed by atoms with Crippen LogP contribution >= 0.6 is 0 Å². The molecule has 0 aliphatic rings. The number of unbranched alkanes of at least 4 members (excludes halogenated alkanes) is 1. The van der Waals surface area contributed by atoms with Crippen LogP contribution in [-0.2, 0) is 0 Å². The topological polar surface area (TPSA) is 23.5 Å². The van der Waals surface area contributed by atoms with Crippen molar-refractivity contribution in [3.63, 3.8) is 0 Å². The molecule has 3 heteroatoms. The van der Waals surface area contributed by atoms with E-state index in [4.69, 9.17) is 0 Å². The molecule has 1 aromatic rings. The van der Waals surface area contributed by atoms with Crippen molar-refractivity contribution >= 4 is 0 Å². The fraction of sp³-hybridized carbons (Fsp3) is 0.625. The van der Waals surface area contributed by atoms with Gasteiger partial charge < -0.3 is 10.0 Å². The molecule has 0 saturated carbocycles. The van der Waals surface area contributed by atoms with Gasteiger partial charge in [0.25, 0.3) is 0 Å². The van der Waals surface area contributed by atoms with Crippen LogP contribution in [-0.4, -0.2) is 29.6 Å². The zero-order valence-corrected chi connectivity index (χ0v) is 12.3. The molecule has 0 saturated heterocycles. The van der Waals surface area contributed by atoms with Crippen LogP contribution in [0.2, 0.25) is 0 Å². The zero-order chi connectivity index (χ0) is 14.3. The second-order valence-corrected chi connectivity index (χ2v) is 5.21. The summed E-state index contributed by atoms with van der Waals surface area (Å²) in [5, 5.41) is 10.2. The van der Waals surface area contributed by atoms with Crippen LogP contribution < -0.4 is 0 Å². The highest BCUT2D eigenvalue weighted by atomic mass is 19.1. The Morgan fingerprint density at radius 1 is 1.21 bits per heavy atom. The van der Waals surface area contributed by atoms with Crippen molar-refractivity contribution in [2.24, 2.45) is 0 Å². The summed E-state index contributed by atoms with van der Waals surface area (Å²) < 4.78 is 12.8. The summed E-state index contributed by atoms with van der Waals surface area (Å²) in [5.74, 6) is -0.265. The van der Waals surface area contributed by atoms with Gasteiger partial charge in [-0.15, -0.1) is 0 Å². The predicted molar refractivity (Wildman–Crippen MR) is 77.6 cm³/mol. The number of rotatable bonds is 8. The first-order chi connectivity index (χ1) is 9.08. The standard InChI is InChI=1S/C16H26FNO/c1-4-6-7-15(5-2)18(3)12-16(19)13-8-10-14(17)11-9-13/h8-11,15-16,19H,4-7,12H2,1-3H3. The van der Waals surface area contributed by atoms with Gasteiger partial charge in [-0.3, -0.25) is 0 Å². The molecular weight excluding hydrogens is 241 g/mol. The summed E-state index contributed by atoms with van der Waals surface area (Å²) in [7, 11) is 2.05.